The second-order valence-corrected chi connectivity index (χ2v) is 8.27. The summed E-state index contributed by atoms with van der Waals surface area (Å²) >= 11 is 0. The molecule has 0 saturated heterocycles. The molecule has 1 aliphatic rings. The molecule has 32 heavy (non-hydrogen) atoms. The van der Waals surface area contributed by atoms with E-state index < -0.39 is 0 Å². The highest BCUT2D eigenvalue weighted by Gasteiger charge is 2.17. The van der Waals surface area contributed by atoms with E-state index in [0.717, 1.165) is 29.8 Å². The molecule has 0 spiro atoms. The lowest BCUT2D eigenvalue weighted by atomic mass is 9.92. The van der Waals surface area contributed by atoms with E-state index in [-0.39, 0.29) is 11.8 Å². The fraction of sp³-hybridized carbons (Fsp3) is 0.333. The van der Waals surface area contributed by atoms with Gasteiger partial charge in [-0.3, -0.25) is 4.99 Å². The van der Waals surface area contributed by atoms with E-state index in [0.29, 0.717) is 17.0 Å². The van der Waals surface area contributed by atoms with Crippen LogP contribution < -0.4 is 16.3 Å². The van der Waals surface area contributed by atoms with Crippen molar-refractivity contribution in [3.8, 4) is 5.88 Å². The number of aromatic hydroxyl groups is 1. The van der Waals surface area contributed by atoms with Gasteiger partial charge in [-0.2, -0.15) is 0 Å². The summed E-state index contributed by atoms with van der Waals surface area (Å²) in [5.74, 6) is 0.371. The predicted octanol–water partition coefficient (Wildman–Crippen LogP) is 3.98. The van der Waals surface area contributed by atoms with Gasteiger partial charge in [0.15, 0.2) is 5.88 Å². The Morgan fingerprint density at radius 2 is 2.03 bits per heavy atom. The SMILES string of the molecule is CCCc1cc(C)ccc1C1=CC(CC)C=c2[nH]c(O)c(C(C)=N/C(C=NC)=C/N)c2=C1. The van der Waals surface area contributed by atoms with Gasteiger partial charge in [0.25, 0.3) is 0 Å². The van der Waals surface area contributed by atoms with E-state index in [1.54, 1.807) is 13.3 Å². The van der Waals surface area contributed by atoms with Crippen molar-refractivity contribution in [3.63, 3.8) is 0 Å². The van der Waals surface area contributed by atoms with Crippen LogP contribution in [0.15, 0.2) is 46.2 Å². The van der Waals surface area contributed by atoms with Gasteiger partial charge in [-0.1, -0.05) is 56.2 Å². The van der Waals surface area contributed by atoms with Crippen LogP contribution in [-0.4, -0.2) is 29.1 Å². The van der Waals surface area contributed by atoms with Crippen molar-refractivity contribution in [3.05, 3.63) is 69.0 Å². The number of hydrogen-bond donors (Lipinski definition) is 3. The van der Waals surface area contributed by atoms with E-state index in [1.165, 1.54) is 28.5 Å². The molecular formula is C27H34N4O. The van der Waals surface area contributed by atoms with Gasteiger partial charge in [-0.15, -0.1) is 0 Å². The summed E-state index contributed by atoms with van der Waals surface area (Å²) in [6.45, 7) is 8.41. The van der Waals surface area contributed by atoms with Gasteiger partial charge in [-0.25, -0.2) is 4.99 Å². The van der Waals surface area contributed by atoms with Gasteiger partial charge in [0.2, 0.25) is 0 Å². The molecule has 0 bridgehead atoms. The van der Waals surface area contributed by atoms with Gasteiger partial charge < -0.3 is 15.8 Å². The van der Waals surface area contributed by atoms with E-state index in [9.17, 15) is 5.11 Å². The third-order valence-corrected chi connectivity index (χ3v) is 5.78. The van der Waals surface area contributed by atoms with Crippen LogP contribution in [0.3, 0.4) is 0 Å². The highest BCUT2D eigenvalue weighted by atomic mass is 16.3. The molecule has 3 rings (SSSR count). The monoisotopic (exact) mass is 430 g/mol. The Kier molecular flexibility index (Phi) is 7.52. The minimum absolute atomic E-state index is 0.113. The van der Waals surface area contributed by atoms with E-state index in [1.807, 2.05) is 6.92 Å². The van der Waals surface area contributed by atoms with Crippen molar-refractivity contribution in [2.45, 2.75) is 47.0 Å². The largest absolute Gasteiger partial charge is 0.494 e. The molecule has 1 heterocycles. The molecule has 168 valence electrons. The normalized spacial score (nSPS) is 16.9. The number of benzene rings is 1. The lowest BCUT2D eigenvalue weighted by Gasteiger charge is -2.13. The van der Waals surface area contributed by atoms with Gasteiger partial charge >= 0.3 is 0 Å². The molecule has 0 aliphatic heterocycles. The molecular weight excluding hydrogens is 396 g/mol. The average Bonchev–Trinajstić information content (AvgIpc) is 2.95. The van der Waals surface area contributed by atoms with E-state index >= 15 is 0 Å². The van der Waals surface area contributed by atoms with Gasteiger partial charge in [0, 0.05) is 30.0 Å². The molecule has 1 aliphatic carbocycles. The molecule has 1 unspecified atom stereocenters. The van der Waals surface area contributed by atoms with Crippen molar-refractivity contribution in [2.24, 2.45) is 21.6 Å². The number of aliphatic imine (C=N–C) groups is 2. The van der Waals surface area contributed by atoms with Crippen molar-refractivity contribution in [2.75, 3.05) is 7.05 Å². The summed E-state index contributed by atoms with van der Waals surface area (Å²) in [6.07, 6.45) is 12.8. The first-order valence-corrected chi connectivity index (χ1v) is 11.3. The quantitative estimate of drug-likeness (QED) is 0.581. The second-order valence-electron chi connectivity index (χ2n) is 8.27. The molecule has 2 aromatic rings. The predicted molar refractivity (Wildman–Crippen MR) is 136 cm³/mol. The van der Waals surface area contributed by atoms with Gasteiger partial charge in [0.05, 0.1) is 17.0 Å². The highest BCUT2D eigenvalue weighted by Crippen LogP contribution is 2.27. The second kappa shape index (κ2) is 10.3. The number of rotatable bonds is 7. The number of nitrogens with zero attached hydrogens (tertiary/aromatic N) is 2. The minimum atomic E-state index is 0.113. The van der Waals surface area contributed by atoms with E-state index in [2.05, 4.69) is 72.2 Å². The summed E-state index contributed by atoms with van der Waals surface area (Å²) in [5, 5.41) is 12.6. The minimum Gasteiger partial charge on any atom is -0.494 e. The maximum absolute atomic E-state index is 10.8. The summed E-state index contributed by atoms with van der Waals surface area (Å²) in [4.78, 5) is 11.8. The molecule has 1 aromatic carbocycles. The zero-order valence-electron chi connectivity index (χ0n) is 19.7. The topological polar surface area (TPSA) is 86.8 Å². The molecule has 0 radical (unpaired) electrons. The number of allylic oxidation sites excluding steroid dienone is 3. The van der Waals surface area contributed by atoms with Crippen molar-refractivity contribution in [1.29, 1.82) is 0 Å². The van der Waals surface area contributed by atoms with E-state index in [4.69, 9.17) is 5.73 Å². The Bertz CT molecular complexity index is 1230. The number of aromatic nitrogens is 1. The van der Waals surface area contributed by atoms with Gasteiger partial charge in [0.1, 0.15) is 0 Å². The molecule has 5 heteroatoms. The zero-order valence-corrected chi connectivity index (χ0v) is 19.7. The number of nitrogens with two attached hydrogens (primary N) is 1. The number of hydrogen-bond acceptors (Lipinski definition) is 4. The Hall–Kier alpha value is -3.34. The highest BCUT2D eigenvalue weighted by molar-refractivity contribution is 6.04. The molecule has 0 fully saturated rings. The van der Waals surface area contributed by atoms with Crippen LogP contribution in [0.1, 0.15) is 55.9 Å². The molecule has 0 amide bonds. The number of H-pyrrole nitrogens is 1. The Labute approximate surface area is 190 Å². The number of nitrogens with one attached hydrogen (secondary N) is 1. The lowest BCUT2D eigenvalue weighted by Crippen LogP contribution is -2.27. The number of aryl methyl sites for hydroxylation is 2. The molecule has 4 N–H and O–H groups in total. The zero-order chi connectivity index (χ0) is 23.3. The summed E-state index contributed by atoms with van der Waals surface area (Å²) in [5.41, 5.74) is 12.7. The van der Waals surface area contributed by atoms with Gasteiger partial charge in [-0.05, 0) is 55.4 Å². The molecule has 0 saturated carbocycles. The fourth-order valence-electron chi connectivity index (χ4n) is 4.24. The maximum Gasteiger partial charge on any atom is 0.198 e. The molecule has 1 aromatic heterocycles. The lowest BCUT2D eigenvalue weighted by molar-refractivity contribution is 0.455. The number of aromatic amines is 1. The number of fused-ring (bicyclic) bond motifs is 1. The summed E-state index contributed by atoms with van der Waals surface area (Å²) < 4.78 is 0. The molecule has 1 atom stereocenters. The van der Waals surface area contributed by atoms with Crippen LogP contribution in [0.25, 0.3) is 17.7 Å². The van der Waals surface area contributed by atoms with Crippen LogP contribution in [0, 0.1) is 12.8 Å². The first-order chi connectivity index (χ1) is 15.4. The third-order valence-electron chi connectivity index (χ3n) is 5.78. The van der Waals surface area contributed by atoms with Crippen LogP contribution in [0.4, 0.5) is 0 Å². The Balaban J connectivity index is 2.27. The van der Waals surface area contributed by atoms with Crippen LogP contribution in [-0.2, 0) is 6.42 Å². The van der Waals surface area contributed by atoms with Crippen molar-refractivity contribution >= 4 is 29.7 Å². The fourth-order valence-corrected chi connectivity index (χ4v) is 4.24. The Morgan fingerprint density at radius 3 is 2.69 bits per heavy atom. The molecule has 5 nitrogen and oxygen atoms in total. The van der Waals surface area contributed by atoms with Crippen molar-refractivity contribution < 1.29 is 5.11 Å². The standard InChI is InChI=1S/C27H34N4O/c1-6-8-20-11-17(3)9-10-23(20)21-12-19(7-2)13-25-24(14-21)26(27(32)31-25)18(4)30-22(15-28)16-29-5/h9-16,19,31-32H,6-8,28H2,1-5H3/b22-15+,29-16?,30-18?. The van der Waals surface area contributed by atoms with Crippen LogP contribution in [0.2, 0.25) is 0 Å². The average molecular weight is 431 g/mol. The van der Waals surface area contributed by atoms with Crippen LogP contribution >= 0.6 is 0 Å². The summed E-state index contributed by atoms with van der Waals surface area (Å²) in [6, 6.07) is 6.68. The maximum atomic E-state index is 10.8. The smallest absolute Gasteiger partial charge is 0.198 e. The Morgan fingerprint density at radius 1 is 1.25 bits per heavy atom. The first kappa shape index (κ1) is 23.3. The van der Waals surface area contributed by atoms with Crippen LogP contribution in [0.5, 0.6) is 5.88 Å². The summed E-state index contributed by atoms with van der Waals surface area (Å²) in [7, 11) is 1.67. The third kappa shape index (κ3) is 4.93. The first-order valence-electron chi connectivity index (χ1n) is 11.3. The van der Waals surface area contributed by atoms with Crippen molar-refractivity contribution in [1.82, 2.24) is 4.98 Å².